The Labute approximate surface area is 98.6 Å². The van der Waals surface area contributed by atoms with Gasteiger partial charge < -0.3 is 10.5 Å². The largest absolute Gasteiger partial charge is 0.493 e. The van der Waals surface area contributed by atoms with Crippen LogP contribution in [0.1, 0.15) is 18.9 Å². The molecule has 5 heteroatoms. The molecule has 0 aliphatic carbocycles. The minimum Gasteiger partial charge on any atom is -0.493 e. The Bertz CT molecular complexity index is 350. The lowest BCUT2D eigenvalue weighted by Crippen LogP contribution is -2.19. The second kappa shape index (κ2) is 5.91. The zero-order valence-electron chi connectivity index (χ0n) is 9.63. The summed E-state index contributed by atoms with van der Waals surface area (Å²) in [5, 5.41) is 0. The molecule has 1 atom stereocenters. The number of para-hydroxylation sites is 1. The third-order valence-electron chi connectivity index (χ3n) is 2.16. The second-order valence-corrected chi connectivity index (χ2v) is 4.00. The normalized spacial score (nSPS) is 13.5. The summed E-state index contributed by atoms with van der Waals surface area (Å²) >= 11 is 0. The molecule has 0 heterocycles. The fraction of sp³-hybridized carbons (Fsp3) is 0.500. The molecular weight excluding hydrogens is 231 g/mol. The number of benzene rings is 1. The first-order valence-electron chi connectivity index (χ1n) is 5.41. The lowest BCUT2D eigenvalue weighted by Gasteiger charge is -2.13. The van der Waals surface area contributed by atoms with Gasteiger partial charge in [-0.1, -0.05) is 18.2 Å². The van der Waals surface area contributed by atoms with E-state index >= 15 is 0 Å². The summed E-state index contributed by atoms with van der Waals surface area (Å²) in [6.45, 7) is 1.48. The van der Waals surface area contributed by atoms with Crippen LogP contribution < -0.4 is 10.5 Å². The number of ether oxygens (including phenoxy) is 1. The van der Waals surface area contributed by atoms with E-state index in [1.807, 2.05) is 19.1 Å². The van der Waals surface area contributed by atoms with Gasteiger partial charge in [0.05, 0.1) is 13.0 Å². The first-order chi connectivity index (χ1) is 7.88. The molecule has 0 aliphatic rings. The lowest BCUT2D eigenvalue weighted by molar-refractivity contribution is -0.139. The quantitative estimate of drug-likeness (QED) is 0.868. The van der Waals surface area contributed by atoms with Crippen molar-refractivity contribution in [3.63, 3.8) is 0 Å². The van der Waals surface area contributed by atoms with Gasteiger partial charge in [-0.25, -0.2) is 0 Å². The zero-order chi connectivity index (χ0) is 12.9. The van der Waals surface area contributed by atoms with Crippen LogP contribution in [-0.4, -0.2) is 18.8 Å². The third-order valence-corrected chi connectivity index (χ3v) is 2.16. The van der Waals surface area contributed by atoms with E-state index in [9.17, 15) is 13.2 Å². The molecule has 1 aromatic carbocycles. The highest BCUT2D eigenvalue weighted by Gasteiger charge is 2.26. The summed E-state index contributed by atoms with van der Waals surface area (Å²) in [6, 6.07) is 6.96. The molecule has 17 heavy (non-hydrogen) atoms. The molecule has 0 radical (unpaired) electrons. The Morgan fingerprint density at radius 1 is 1.29 bits per heavy atom. The van der Waals surface area contributed by atoms with Crippen molar-refractivity contribution in [3.8, 4) is 5.75 Å². The summed E-state index contributed by atoms with van der Waals surface area (Å²) in [5.74, 6) is 0.481. The molecule has 2 N–H and O–H groups in total. The van der Waals surface area contributed by atoms with Gasteiger partial charge in [0.2, 0.25) is 0 Å². The van der Waals surface area contributed by atoms with E-state index in [4.69, 9.17) is 10.5 Å². The molecule has 1 aromatic rings. The molecule has 0 saturated heterocycles. The van der Waals surface area contributed by atoms with E-state index in [1.54, 1.807) is 12.1 Å². The topological polar surface area (TPSA) is 35.2 Å². The average Bonchev–Trinajstić information content (AvgIpc) is 2.18. The van der Waals surface area contributed by atoms with Gasteiger partial charge in [-0.15, -0.1) is 0 Å². The van der Waals surface area contributed by atoms with Crippen LogP contribution >= 0.6 is 0 Å². The SMILES string of the molecule is CC(N)Cc1ccccc1OCCC(F)(F)F. The number of halogens is 3. The number of hydrogen-bond donors (Lipinski definition) is 1. The van der Waals surface area contributed by atoms with E-state index in [0.29, 0.717) is 12.2 Å². The van der Waals surface area contributed by atoms with E-state index < -0.39 is 12.6 Å². The molecule has 0 bridgehead atoms. The molecule has 1 rings (SSSR count). The van der Waals surface area contributed by atoms with Crippen LogP contribution in [0.15, 0.2) is 24.3 Å². The maximum atomic E-state index is 12.0. The summed E-state index contributed by atoms with van der Waals surface area (Å²) in [5.41, 5.74) is 6.49. The van der Waals surface area contributed by atoms with Gasteiger partial charge in [0, 0.05) is 6.04 Å². The van der Waals surface area contributed by atoms with Crippen molar-refractivity contribution in [2.45, 2.75) is 32.0 Å². The van der Waals surface area contributed by atoms with Crippen LogP contribution in [0.2, 0.25) is 0 Å². The molecule has 0 aromatic heterocycles. The molecule has 0 fully saturated rings. The van der Waals surface area contributed by atoms with Crippen molar-refractivity contribution < 1.29 is 17.9 Å². The smallest absolute Gasteiger partial charge is 0.392 e. The minimum atomic E-state index is -4.18. The van der Waals surface area contributed by atoms with Crippen molar-refractivity contribution in [1.29, 1.82) is 0 Å². The highest BCUT2D eigenvalue weighted by molar-refractivity contribution is 5.33. The van der Waals surface area contributed by atoms with E-state index in [-0.39, 0.29) is 12.6 Å². The molecule has 0 spiro atoms. The molecule has 0 amide bonds. The van der Waals surface area contributed by atoms with Crippen LogP contribution in [0.25, 0.3) is 0 Å². The zero-order valence-corrected chi connectivity index (χ0v) is 9.63. The van der Waals surface area contributed by atoms with E-state index in [2.05, 4.69) is 0 Å². The van der Waals surface area contributed by atoms with E-state index in [0.717, 1.165) is 5.56 Å². The van der Waals surface area contributed by atoms with Gasteiger partial charge in [-0.2, -0.15) is 13.2 Å². The molecule has 0 aliphatic heterocycles. The van der Waals surface area contributed by atoms with Crippen molar-refractivity contribution in [2.75, 3.05) is 6.61 Å². The third kappa shape index (κ3) is 5.58. The van der Waals surface area contributed by atoms with Gasteiger partial charge in [0.25, 0.3) is 0 Å². The Balaban J connectivity index is 2.58. The predicted molar refractivity (Wildman–Crippen MR) is 60.0 cm³/mol. The predicted octanol–water partition coefficient (Wildman–Crippen LogP) is 2.91. The first-order valence-corrected chi connectivity index (χ1v) is 5.41. The number of alkyl halides is 3. The summed E-state index contributed by atoms with van der Waals surface area (Å²) in [7, 11) is 0. The lowest BCUT2D eigenvalue weighted by atomic mass is 10.1. The maximum absolute atomic E-state index is 12.0. The van der Waals surface area contributed by atoms with Crippen LogP contribution in [0.5, 0.6) is 5.75 Å². The molecular formula is C12H16F3NO. The van der Waals surface area contributed by atoms with Crippen molar-refractivity contribution in [1.82, 2.24) is 0 Å². The summed E-state index contributed by atoms with van der Waals surface area (Å²) < 4.78 is 41.0. The highest BCUT2D eigenvalue weighted by atomic mass is 19.4. The Kier molecular flexibility index (Phi) is 4.81. The first kappa shape index (κ1) is 13.8. The van der Waals surface area contributed by atoms with Gasteiger partial charge in [-0.05, 0) is 25.0 Å². The summed E-state index contributed by atoms with van der Waals surface area (Å²) in [4.78, 5) is 0. The fourth-order valence-corrected chi connectivity index (χ4v) is 1.44. The van der Waals surface area contributed by atoms with Crippen LogP contribution in [0.4, 0.5) is 13.2 Å². The fourth-order valence-electron chi connectivity index (χ4n) is 1.44. The summed E-state index contributed by atoms with van der Waals surface area (Å²) in [6.07, 6.45) is -4.54. The van der Waals surface area contributed by atoms with Gasteiger partial charge >= 0.3 is 6.18 Å². The molecule has 1 unspecified atom stereocenters. The Morgan fingerprint density at radius 2 is 1.94 bits per heavy atom. The van der Waals surface area contributed by atoms with Gasteiger partial charge in [-0.3, -0.25) is 0 Å². The average molecular weight is 247 g/mol. The number of nitrogens with two attached hydrogens (primary N) is 1. The number of rotatable bonds is 5. The second-order valence-electron chi connectivity index (χ2n) is 4.00. The molecule has 0 saturated carbocycles. The standard InChI is InChI=1S/C12H16F3NO/c1-9(16)8-10-4-2-3-5-11(10)17-7-6-12(13,14)15/h2-5,9H,6-8,16H2,1H3. The number of hydrogen-bond acceptors (Lipinski definition) is 2. The van der Waals surface area contributed by atoms with Crippen LogP contribution in [0.3, 0.4) is 0 Å². The Morgan fingerprint density at radius 3 is 2.53 bits per heavy atom. The maximum Gasteiger partial charge on any atom is 0.392 e. The van der Waals surface area contributed by atoms with Crippen molar-refractivity contribution in [3.05, 3.63) is 29.8 Å². The van der Waals surface area contributed by atoms with E-state index in [1.165, 1.54) is 0 Å². The Hall–Kier alpha value is -1.23. The molecule has 96 valence electrons. The van der Waals surface area contributed by atoms with Gasteiger partial charge in [0.1, 0.15) is 5.75 Å². The minimum absolute atomic E-state index is 0.0534. The van der Waals surface area contributed by atoms with Crippen LogP contribution in [0, 0.1) is 0 Å². The van der Waals surface area contributed by atoms with Gasteiger partial charge in [0.15, 0.2) is 0 Å². The van der Waals surface area contributed by atoms with Crippen molar-refractivity contribution in [2.24, 2.45) is 5.73 Å². The van der Waals surface area contributed by atoms with Crippen LogP contribution in [-0.2, 0) is 6.42 Å². The highest BCUT2D eigenvalue weighted by Crippen LogP contribution is 2.23. The molecule has 2 nitrogen and oxygen atoms in total. The monoisotopic (exact) mass is 247 g/mol. The van der Waals surface area contributed by atoms with Crippen molar-refractivity contribution >= 4 is 0 Å².